The van der Waals surface area contributed by atoms with E-state index in [4.69, 9.17) is 0 Å². The van der Waals surface area contributed by atoms with Crippen LogP contribution in [0.15, 0.2) is 54.6 Å². The van der Waals surface area contributed by atoms with Crippen molar-refractivity contribution in [1.29, 1.82) is 0 Å². The number of benzene rings is 2. The second-order valence-electron chi connectivity index (χ2n) is 7.35. The zero-order valence-electron chi connectivity index (χ0n) is 14.7. The van der Waals surface area contributed by atoms with Crippen LogP contribution >= 0.6 is 0 Å². The molecule has 0 heteroatoms. The van der Waals surface area contributed by atoms with Gasteiger partial charge < -0.3 is 0 Å². The Labute approximate surface area is 141 Å². The Morgan fingerprint density at radius 3 is 2.04 bits per heavy atom. The van der Waals surface area contributed by atoms with Gasteiger partial charge in [-0.1, -0.05) is 94.1 Å². The van der Waals surface area contributed by atoms with Crippen LogP contribution in [0.5, 0.6) is 0 Å². The Bertz CT molecular complexity index is 573. The summed E-state index contributed by atoms with van der Waals surface area (Å²) < 4.78 is 0. The summed E-state index contributed by atoms with van der Waals surface area (Å²) in [5.74, 6) is 2.58. The molecule has 0 nitrogen and oxygen atoms in total. The molecule has 0 spiro atoms. The lowest BCUT2D eigenvalue weighted by Gasteiger charge is -2.32. The van der Waals surface area contributed by atoms with Gasteiger partial charge in [0.25, 0.3) is 0 Å². The van der Waals surface area contributed by atoms with Gasteiger partial charge in [-0.3, -0.25) is 0 Å². The monoisotopic (exact) mass is 306 g/mol. The lowest BCUT2D eigenvalue weighted by Crippen LogP contribution is -2.19. The third kappa shape index (κ3) is 4.05. The molecule has 23 heavy (non-hydrogen) atoms. The molecule has 3 rings (SSSR count). The minimum atomic E-state index is 0.697. The molecule has 2 aromatic rings. The summed E-state index contributed by atoms with van der Waals surface area (Å²) in [7, 11) is 0. The molecular weight excluding hydrogens is 276 g/mol. The van der Waals surface area contributed by atoms with Gasteiger partial charge in [0.1, 0.15) is 0 Å². The molecular formula is C23H30. The van der Waals surface area contributed by atoms with Gasteiger partial charge in [0.15, 0.2) is 0 Å². The fourth-order valence-corrected chi connectivity index (χ4v) is 4.27. The van der Waals surface area contributed by atoms with Crippen molar-refractivity contribution in [2.45, 2.75) is 58.3 Å². The van der Waals surface area contributed by atoms with Gasteiger partial charge in [0.2, 0.25) is 0 Å². The van der Waals surface area contributed by atoms with E-state index in [-0.39, 0.29) is 0 Å². The van der Waals surface area contributed by atoms with Gasteiger partial charge in [-0.05, 0) is 47.3 Å². The lowest BCUT2D eigenvalue weighted by atomic mass is 9.73. The van der Waals surface area contributed by atoms with E-state index in [0.717, 1.165) is 11.8 Å². The van der Waals surface area contributed by atoms with Crippen LogP contribution in [0, 0.1) is 11.8 Å². The molecule has 1 aliphatic rings. The van der Waals surface area contributed by atoms with Crippen molar-refractivity contribution in [3.63, 3.8) is 0 Å². The van der Waals surface area contributed by atoms with Gasteiger partial charge >= 0.3 is 0 Å². The third-order valence-electron chi connectivity index (χ3n) is 5.84. The first-order chi connectivity index (χ1) is 11.3. The first-order valence-corrected chi connectivity index (χ1v) is 9.43. The summed E-state index contributed by atoms with van der Waals surface area (Å²) in [6.07, 6.45) is 8.53. The molecule has 0 aromatic heterocycles. The number of rotatable bonds is 5. The Morgan fingerprint density at radius 2 is 1.43 bits per heavy atom. The first-order valence-electron chi connectivity index (χ1n) is 9.43. The Balaban J connectivity index is 1.63. The molecule has 0 amide bonds. The Hall–Kier alpha value is -1.56. The molecule has 1 aliphatic carbocycles. The Morgan fingerprint density at radius 1 is 0.826 bits per heavy atom. The SMILES string of the molecule is CCCC1CCC(C(C)c2ccc(-c3ccccc3)cc2)CC1. The van der Waals surface area contributed by atoms with Crippen molar-refractivity contribution in [1.82, 2.24) is 0 Å². The van der Waals surface area contributed by atoms with Crippen molar-refractivity contribution >= 4 is 0 Å². The van der Waals surface area contributed by atoms with E-state index in [0.29, 0.717) is 5.92 Å². The molecule has 0 aliphatic heterocycles. The molecule has 0 radical (unpaired) electrons. The summed E-state index contributed by atoms with van der Waals surface area (Å²) in [6, 6.07) is 20.0. The molecule has 1 atom stereocenters. The standard InChI is InChI=1S/C23H30/c1-3-7-19-10-12-20(13-11-19)18(2)21-14-16-23(17-15-21)22-8-5-4-6-9-22/h4-6,8-9,14-20H,3,7,10-13H2,1-2H3. The molecule has 1 unspecified atom stereocenters. The molecule has 1 fully saturated rings. The van der Waals surface area contributed by atoms with Crippen LogP contribution in [0.3, 0.4) is 0 Å². The maximum absolute atomic E-state index is 2.43. The van der Waals surface area contributed by atoms with Gasteiger partial charge in [-0.15, -0.1) is 0 Å². The average molecular weight is 306 g/mol. The minimum Gasteiger partial charge on any atom is -0.0654 e. The second-order valence-corrected chi connectivity index (χ2v) is 7.35. The van der Waals surface area contributed by atoms with Crippen molar-refractivity contribution in [3.8, 4) is 11.1 Å². The number of hydrogen-bond acceptors (Lipinski definition) is 0. The zero-order valence-corrected chi connectivity index (χ0v) is 14.7. The first kappa shape index (κ1) is 16.3. The van der Waals surface area contributed by atoms with Crippen molar-refractivity contribution < 1.29 is 0 Å². The van der Waals surface area contributed by atoms with E-state index in [9.17, 15) is 0 Å². The van der Waals surface area contributed by atoms with Crippen LogP contribution < -0.4 is 0 Å². The summed E-state index contributed by atoms with van der Waals surface area (Å²) >= 11 is 0. The second kappa shape index (κ2) is 7.81. The van der Waals surface area contributed by atoms with Crippen LogP contribution in [0.2, 0.25) is 0 Å². The van der Waals surface area contributed by atoms with Crippen molar-refractivity contribution in [2.24, 2.45) is 11.8 Å². The van der Waals surface area contributed by atoms with E-state index in [1.165, 1.54) is 55.2 Å². The summed E-state index contributed by atoms with van der Waals surface area (Å²) in [4.78, 5) is 0. The maximum Gasteiger partial charge on any atom is -0.0162 e. The highest BCUT2D eigenvalue weighted by Gasteiger charge is 2.25. The quantitative estimate of drug-likeness (QED) is 0.554. The molecule has 0 heterocycles. The topological polar surface area (TPSA) is 0 Å². The highest BCUT2D eigenvalue weighted by Crippen LogP contribution is 2.39. The molecule has 0 bridgehead atoms. The van der Waals surface area contributed by atoms with Crippen molar-refractivity contribution in [3.05, 3.63) is 60.2 Å². The van der Waals surface area contributed by atoms with E-state index in [1.807, 2.05) is 0 Å². The molecule has 122 valence electrons. The predicted molar refractivity (Wildman–Crippen MR) is 101 cm³/mol. The summed E-state index contributed by atoms with van der Waals surface area (Å²) in [5.41, 5.74) is 4.16. The van der Waals surface area contributed by atoms with Crippen LogP contribution in [0.25, 0.3) is 11.1 Å². The normalized spacial score (nSPS) is 22.7. The molecule has 0 saturated heterocycles. The van der Waals surface area contributed by atoms with Gasteiger partial charge in [0, 0.05) is 0 Å². The average Bonchev–Trinajstić information content (AvgIpc) is 2.63. The molecule has 0 N–H and O–H groups in total. The number of hydrogen-bond donors (Lipinski definition) is 0. The van der Waals surface area contributed by atoms with E-state index in [2.05, 4.69) is 68.4 Å². The third-order valence-corrected chi connectivity index (χ3v) is 5.84. The fraction of sp³-hybridized carbons (Fsp3) is 0.478. The van der Waals surface area contributed by atoms with Crippen LogP contribution in [-0.2, 0) is 0 Å². The summed E-state index contributed by atoms with van der Waals surface area (Å²) in [5, 5.41) is 0. The van der Waals surface area contributed by atoms with Gasteiger partial charge in [0.05, 0.1) is 0 Å². The maximum atomic E-state index is 2.43. The van der Waals surface area contributed by atoms with Crippen LogP contribution in [0.1, 0.15) is 63.9 Å². The van der Waals surface area contributed by atoms with Gasteiger partial charge in [-0.2, -0.15) is 0 Å². The van der Waals surface area contributed by atoms with E-state index < -0.39 is 0 Å². The molecule has 2 aromatic carbocycles. The van der Waals surface area contributed by atoms with E-state index in [1.54, 1.807) is 0 Å². The smallest absolute Gasteiger partial charge is 0.0162 e. The van der Waals surface area contributed by atoms with Crippen LogP contribution in [-0.4, -0.2) is 0 Å². The Kier molecular flexibility index (Phi) is 5.54. The largest absolute Gasteiger partial charge is 0.0654 e. The predicted octanol–water partition coefficient (Wildman–Crippen LogP) is 7.06. The minimum absolute atomic E-state index is 0.697. The summed E-state index contributed by atoms with van der Waals surface area (Å²) in [6.45, 7) is 4.76. The lowest BCUT2D eigenvalue weighted by molar-refractivity contribution is 0.239. The van der Waals surface area contributed by atoms with Gasteiger partial charge in [-0.25, -0.2) is 0 Å². The van der Waals surface area contributed by atoms with Crippen molar-refractivity contribution in [2.75, 3.05) is 0 Å². The van der Waals surface area contributed by atoms with E-state index >= 15 is 0 Å². The fourth-order valence-electron chi connectivity index (χ4n) is 4.27. The highest BCUT2D eigenvalue weighted by molar-refractivity contribution is 5.63. The highest BCUT2D eigenvalue weighted by atomic mass is 14.3. The molecule has 1 saturated carbocycles. The van der Waals surface area contributed by atoms with Crippen LogP contribution in [0.4, 0.5) is 0 Å². The zero-order chi connectivity index (χ0) is 16.1.